The zero-order chi connectivity index (χ0) is 19.3. The highest BCUT2D eigenvalue weighted by atomic mass is 32.2. The van der Waals surface area contributed by atoms with E-state index in [0.29, 0.717) is 23.2 Å². The van der Waals surface area contributed by atoms with Gasteiger partial charge < -0.3 is 4.98 Å². The van der Waals surface area contributed by atoms with Crippen LogP contribution >= 0.6 is 0 Å². The molecular weight excluding hydrogens is 360 g/mol. The third kappa shape index (κ3) is 3.14. The van der Waals surface area contributed by atoms with Gasteiger partial charge in [0.2, 0.25) is 0 Å². The van der Waals surface area contributed by atoms with Crippen LogP contribution in [0.25, 0.3) is 10.9 Å². The van der Waals surface area contributed by atoms with Gasteiger partial charge in [-0.15, -0.1) is 0 Å². The minimum absolute atomic E-state index is 0.130. The van der Waals surface area contributed by atoms with E-state index in [9.17, 15) is 13.2 Å². The lowest BCUT2D eigenvalue weighted by Crippen LogP contribution is -2.14. The third-order valence-electron chi connectivity index (χ3n) is 5.04. The Morgan fingerprint density at radius 2 is 1.67 bits per heavy atom. The lowest BCUT2D eigenvalue weighted by atomic mass is 9.94. The van der Waals surface area contributed by atoms with Crippen molar-refractivity contribution in [3.8, 4) is 0 Å². The average Bonchev–Trinajstić information content (AvgIpc) is 2.91. The number of anilines is 1. The Balaban J connectivity index is 1.81. The van der Waals surface area contributed by atoms with Gasteiger partial charge in [0, 0.05) is 34.3 Å². The molecule has 0 unspecified atom stereocenters. The monoisotopic (exact) mass is 382 g/mol. The van der Waals surface area contributed by atoms with Crippen LogP contribution in [-0.4, -0.2) is 19.2 Å². The van der Waals surface area contributed by atoms with Crippen molar-refractivity contribution in [1.82, 2.24) is 4.98 Å². The molecule has 5 nitrogen and oxygen atoms in total. The normalized spacial score (nSPS) is 14.4. The Bertz CT molecular complexity index is 1170. The van der Waals surface area contributed by atoms with Gasteiger partial charge in [-0.1, -0.05) is 6.07 Å². The maximum Gasteiger partial charge on any atom is 0.262 e. The number of aryl methyl sites for hydroxylation is 4. The van der Waals surface area contributed by atoms with Crippen molar-refractivity contribution in [3.63, 3.8) is 0 Å². The first-order valence-electron chi connectivity index (χ1n) is 9.04. The van der Waals surface area contributed by atoms with Gasteiger partial charge in [0.05, 0.1) is 4.90 Å². The number of sulfonamides is 1. The average molecular weight is 382 g/mol. The molecule has 0 aliphatic heterocycles. The number of H-pyrrole nitrogens is 1. The van der Waals surface area contributed by atoms with Crippen LogP contribution in [0.1, 0.15) is 45.6 Å². The molecule has 1 aliphatic rings. The molecule has 2 N–H and O–H groups in total. The molecule has 0 amide bonds. The Hall–Kier alpha value is -2.60. The quantitative estimate of drug-likeness (QED) is 0.704. The second-order valence-corrected chi connectivity index (χ2v) is 9.05. The van der Waals surface area contributed by atoms with Gasteiger partial charge >= 0.3 is 0 Å². The number of carbonyl (C=O) groups is 1. The van der Waals surface area contributed by atoms with E-state index in [-0.39, 0.29) is 10.7 Å². The second-order valence-electron chi connectivity index (χ2n) is 7.40. The number of aromatic amines is 1. The Morgan fingerprint density at radius 3 is 2.37 bits per heavy atom. The number of aromatic nitrogens is 1. The van der Waals surface area contributed by atoms with E-state index < -0.39 is 10.0 Å². The summed E-state index contributed by atoms with van der Waals surface area (Å²) in [5.74, 6) is 0.130. The summed E-state index contributed by atoms with van der Waals surface area (Å²) in [6.07, 6.45) is 2.20. The number of fused-ring (bicyclic) bond motifs is 3. The molecular formula is C21H22N2O3S. The fraction of sp³-hybridized carbons (Fsp3) is 0.286. The molecule has 0 bridgehead atoms. The summed E-state index contributed by atoms with van der Waals surface area (Å²) < 4.78 is 28.7. The van der Waals surface area contributed by atoms with Crippen LogP contribution in [0.15, 0.2) is 35.2 Å². The van der Waals surface area contributed by atoms with Crippen molar-refractivity contribution in [2.24, 2.45) is 0 Å². The van der Waals surface area contributed by atoms with Crippen LogP contribution in [-0.2, 0) is 16.4 Å². The number of nitrogens with one attached hydrogen (secondary N) is 2. The summed E-state index contributed by atoms with van der Waals surface area (Å²) in [6, 6.07) is 9.07. The first kappa shape index (κ1) is 17.8. The molecule has 4 rings (SSSR count). The number of hydrogen-bond acceptors (Lipinski definition) is 3. The summed E-state index contributed by atoms with van der Waals surface area (Å²) >= 11 is 0. The van der Waals surface area contributed by atoms with Gasteiger partial charge in [-0.3, -0.25) is 9.52 Å². The molecule has 0 radical (unpaired) electrons. The molecule has 0 saturated heterocycles. The molecule has 6 heteroatoms. The zero-order valence-electron chi connectivity index (χ0n) is 15.6. The molecule has 27 heavy (non-hydrogen) atoms. The van der Waals surface area contributed by atoms with E-state index in [1.807, 2.05) is 38.1 Å². The van der Waals surface area contributed by atoms with Crippen molar-refractivity contribution in [2.75, 3.05) is 4.72 Å². The molecule has 3 aromatic rings. The predicted molar refractivity (Wildman–Crippen MR) is 107 cm³/mol. The number of hydrogen-bond donors (Lipinski definition) is 2. The van der Waals surface area contributed by atoms with Gasteiger partial charge in [-0.25, -0.2) is 8.42 Å². The highest BCUT2D eigenvalue weighted by Gasteiger charge is 2.25. The number of carbonyl (C=O) groups excluding carboxylic acids is 1. The number of ketones is 1. The van der Waals surface area contributed by atoms with Crippen molar-refractivity contribution in [1.29, 1.82) is 0 Å². The van der Waals surface area contributed by atoms with Gasteiger partial charge in [0.25, 0.3) is 10.0 Å². The third-order valence-corrected chi connectivity index (χ3v) is 6.57. The Kier molecular flexibility index (Phi) is 4.11. The molecule has 1 aromatic heterocycles. The van der Waals surface area contributed by atoms with Crippen LogP contribution < -0.4 is 4.72 Å². The van der Waals surface area contributed by atoms with Crippen LogP contribution in [0.5, 0.6) is 0 Å². The molecule has 0 spiro atoms. The fourth-order valence-electron chi connectivity index (χ4n) is 3.98. The molecule has 1 heterocycles. The SMILES string of the molecule is Cc1cc(C)cc(NS(=O)(=O)c2cc3[nH]c4c(c3cc2C)C(=O)CCC4)c1. The fourth-order valence-corrected chi connectivity index (χ4v) is 5.27. The number of rotatable bonds is 3. The zero-order valence-corrected chi connectivity index (χ0v) is 16.5. The molecule has 140 valence electrons. The summed E-state index contributed by atoms with van der Waals surface area (Å²) in [4.78, 5) is 15.8. The topological polar surface area (TPSA) is 79.0 Å². The Labute approximate surface area is 158 Å². The Morgan fingerprint density at radius 1 is 0.963 bits per heavy atom. The van der Waals surface area contributed by atoms with Crippen LogP contribution in [0.4, 0.5) is 5.69 Å². The van der Waals surface area contributed by atoms with E-state index in [0.717, 1.165) is 40.6 Å². The van der Waals surface area contributed by atoms with E-state index in [2.05, 4.69) is 9.71 Å². The lowest BCUT2D eigenvalue weighted by Gasteiger charge is -2.12. The van der Waals surface area contributed by atoms with E-state index >= 15 is 0 Å². The van der Waals surface area contributed by atoms with Gasteiger partial charge in [-0.05, 0) is 74.6 Å². The van der Waals surface area contributed by atoms with Crippen molar-refractivity contribution >= 4 is 32.4 Å². The minimum atomic E-state index is -3.74. The number of Topliss-reactive ketones (excluding diaryl/α,β-unsaturated/α-hetero) is 1. The molecule has 0 atom stereocenters. The van der Waals surface area contributed by atoms with Crippen LogP contribution in [0.2, 0.25) is 0 Å². The first-order chi connectivity index (χ1) is 12.7. The first-order valence-corrected chi connectivity index (χ1v) is 10.5. The molecule has 0 fully saturated rings. The number of benzene rings is 2. The van der Waals surface area contributed by atoms with Gasteiger partial charge in [0.15, 0.2) is 5.78 Å². The van der Waals surface area contributed by atoms with Gasteiger partial charge in [-0.2, -0.15) is 0 Å². The molecule has 1 aliphatic carbocycles. The highest BCUT2D eigenvalue weighted by molar-refractivity contribution is 7.92. The molecule has 0 saturated carbocycles. The maximum absolute atomic E-state index is 13.0. The van der Waals surface area contributed by atoms with Crippen LogP contribution in [0.3, 0.4) is 0 Å². The lowest BCUT2D eigenvalue weighted by molar-refractivity contribution is 0.0974. The maximum atomic E-state index is 13.0. The predicted octanol–water partition coefficient (Wildman–Crippen LogP) is 4.41. The van der Waals surface area contributed by atoms with E-state index in [1.165, 1.54) is 0 Å². The van der Waals surface area contributed by atoms with Crippen molar-refractivity contribution < 1.29 is 13.2 Å². The summed E-state index contributed by atoms with van der Waals surface area (Å²) in [5.41, 5.74) is 5.50. The molecule has 2 aromatic carbocycles. The standard InChI is InChI=1S/C21H22N2O3S/c1-12-7-13(2)9-15(8-12)23-27(25,26)20-11-18-16(10-14(20)3)21-17(22-18)5-4-6-19(21)24/h7-11,22-23H,4-6H2,1-3H3. The van der Waals surface area contributed by atoms with Crippen LogP contribution in [0, 0.1) is 20.8 Å². The van der Waals surface area contributed by atoms with Crippen molar-refractivity contribution in [2.45, 2.75) is 44.9 Å². The summed E-state index contributed by atoms with van der Waals surface area (Å²) in [5, 5.41) is 0.817. The largest absolute Gasteiger partial charge is 0.358 e. The van der Waals surface area contributed by atoms with Crippen molar-refractivity contribution in [3.05, 3.63) is 58.3 Å². The van der Waals surface area contributed by atoms with E-state index in [1.54, 1.807) is 13.0 Å². The highest BCUT2D eigenvalue weighted by Crippen LogP contribution is 2.32. The van der Waals surface area contributed by atoms with E-state index in [4.69, 9.17) is 0 Å². The van der Waals surface area contributed by atoms with Gasteiger partial charge in [0.1, 0.15) is 0 Å². The smallest absolute Gasteiger partial charge is 0.262 e. The second kappa shape index (κ2) is 6.23. The summed E-state index contributed by atoms with van der Waals surface area (Å²) in [7, 11) is -3.74. The minimum Gasteiger partial charge on any atom is -0.358 e. The summed E-state index contributed by atoms with van der Waals surface area (Å²) in [6.45, 7) is 5.63.